The number of hydrogen-bond donors (Lipinski definition) is 2. The van der Waals surface area contributed by atoms with Crippen molar-refractivity contribution in [1.82, 2.24) is 4.72 Å². The average molecular weight is 377 g/mol. The molecule has 0 fully saturated rings. The van der Waals surface area contributed by atoms with Crippen molar-refractivity contribution in [3.8, 4) is 0 Å². The molecule has 0 heterocycles. The topological polar surface area (TPSA) is 118 Å². The Kier molecular flexibility index (Phi) is 5.43. The zero-order valence-electron chi connectivity index (χ0n) is 14.5. The molecule has 0 unspecified atom stereocenters. The van der Waals surface area contributed by atoms with Crippen LogP contribution in [0.5, 0.6) is 0 Å². The van der Waals surface area contributed by atoms with Gasteiger partial charge < -0.3 is 5.32 Å². The zero-order valence-corrected chi connectivity index (χ0v) is 15.3. The maximum Gasteiger partial charge on any atom is 0.270 e. The van der Waals surface area contributed by atoms with Crippen LogP contribution in [0.2, 0.25) is 0 Å². The van der Waals surface area contributed by atoms with Crippen LogP contribution in [0.25, 0.3) is 0 Å². The first-order chi connectivity index (χ1) is 12.0. The normalized spacial score (nSPS) is 11.8. The van der Waals surface area contributed by atoms with Crippen LogP contribution in [0.1, 0.15) is 31.1 Å². The van der Waals surface area contributed by atoms with Crippen molar-refractivity contribution >= 4 is 27.3 Å². The van der Waals surface area contributed by atoms with Crippen molar-refractivity contribution in [2.45, 2.75) is 31.2 Å². The lowest BCUT2D eigenvalue weighted by Crippen LogP contribution is -2.40. The predicted molar refractivity (Wildman–Crippen MR) is 97.6 cm³/mol. The zero-order chi connectivity index (χ0) is 19.5. The average Bonchev–Trinajstić information content (AvgIpc) is 2.53. The van der Waals surface area contributed by atoms with Gasteiger partial charge in [-0.2, -0.15) is 0 Å². The van der Waals surface area contributed by atoms with Gasteiger partial charge in [0.2, 0.25) is 10.0 Å². The molecule has 0 bridgehead atoms. The van der Waals surface area contributed by atoms with Crippen LogP contribution in [0.3, 0.4) is 0 Å². The lowest BCUT2D eigenvalue weighted by atomic mass is 10.1. The van der Waals surface area contributed by atoms with Gasteiger partial charge in [-0.05, 0) is 51.1 Å². The summed E-state index contributed by atoms with van der Waals surface area (Å²) in [6, 6.07) is 11.0. The van der Waals surface area contributed by atoms with Gasteiger partial charge in [-0.3, -0.25) is 14.9 Å². The molecule has 0 saturated heterocycles. The van der Waals surface area contributed by atoms with Crippen molar-refractivity contribution in [3.05, 3.63) is 64.2 Å². The molecule has 0 aliphatic rings. The summed E-state index contributed by atoms with van der Waals surface area (Å²) in [5.74, 6) is -0.530. The molecule has 2 aromatic carbocycles. The largest absolute Gasteiger partial charge is 0.322 e. The maximum absolute atomic E-state index is 12.2. The molecule has 0 radical (unpaired) electrons. The number of anilines is 1. The summed E-state index contributed by atoms with van der Waals surface area (Å²) in [5.41, 5.74) is -0.304. The molecule has 0 aliphatic carbocycles. The van der Waals surface area contributed by atoms with Gasteiger partial charge in [-0.15, -0.1) is 0 Å². The van der Waals surface area contributed by atoms with Crippen LogP contribution >= 0.6 is 0 Å². The van der Waals surface area contributed by atoms with E-state index in [1.54, 1.807) is 20.8 Å². The van der Waals surface area contributed by atoms with E-state index in [1.807, 2.05) is 0 Å². The highest BCUT2D eigenvalue weighted by Gasteiger charge is 2.22. The van der Waals surface area contributed by atoms with E-state index >= 15 is 0 Å². The van der Waals surface area contributed by atoms with E-state index < -0.39 is 26.4 Å². The molecule has 26 heavy (non-hydrogen) atoms. The molecule has 2 rings (SSSR count). The van der Waals surface area contributed by atoms with Gasteiger partial charge in [0.25, 0.3) is 11.6 Å². The van der Waals surface area contributed by atoms with Crippen molar-refractivity contribution in [1.29, 1.82) is 0 Å². The van der Waals surface area contributed by atoms with Crippen molar-refractivity contribution < 1.29 is 18.1 Å². The van der Waals surface area contributed by atoms with Gasteiger partial charge in [-0.25, -0.2) is 13.1 Å². The summed E-state index contributed by atoms with van der Waals surface area (Å²) < 4.78 is 27.0. The van der Waals surface area contributed by atoms with Gasteiger partial charge >= 0.3 is 0 Å². The first kappa shape index (κ1) is 19.5. The van der Waals surface area contributed by atoms with E-state index in [-0.39, 0.29) is 16.1 Å². The Bertz CT molecular complexity index is 932. The van der Waals surface area contributed by atoms with Gasteiger partial charge in [0, 0.05) is 28.9 Å². The number of hydrogen-bond acceptors (Lipinski definition) is 5. The quantitative estimate of drug-likeness (QED) is 0.613. The van der Waals surface area contributed by atoms with Crippen molar-refractivity contribution in [2.24, 2.45) is 0 Å². The fourth-order valence-electron chi connectivity index (χ4n) is 2.14. The number of benzene rings is 2. The molecule has 0 aliphatic heterocycles. The number of non-ortho nitro benzene ring substituents is 1. The van der Waals surface area contributed by atoms with E-state index in [0.29, 0.717) is 5.69 Å². The molecule has 0 atom stereocenters. The fraction of sp³-hybridized carbons (Fsp3) is 0.235. The Morgan fingerprint density at radius 3 is 2.23 bits per heavy atom. The lowest BCUT2D eigenvalue weighted by Gasteiger charge is -2.20. The SMILES string of the molecule is CC(C)(C)NS(=O)(=O)c1ccc(NC(=O)c2cccc([N+](=O)[O-])c2)cc1. The predicted octanol–water partition coefficient (Wildman–Crippen LogP) is 2.92. The first-order valence-corrected chi connectivity index (χ1v) is 9.16. The van der Waals surface area contributed by atoms with Gasteiger partial charge in [-0.1, -0.05) is 6.07 Å². The molecule has 0 saturated carbocycles. The maximum atomic E-state index is 12.2. The summed E-state index contributed by atoms with van der Waals surface area (Å²) >= 11 is 0. The molecule has 8 nitrogen and oxygen atoms in total. The highest BCUT2D eigenvalue weighted by Crippen LogP contribution is 2.18. The Morgan fingerprint density at radius 2 is 1.69 bits per heavy atom. The smallest absolute Gasteiger partial charge is 0.270 e. The number of carbonyl (C=O) groups excluding carboxylic acids is 1. The monoisotopic (exact) mass is 377 g/mol. The lowest BCUT2D eigenvalue weighted by molar-refractivity contribution is -0.384. The van der Waals surface area contributed by atoms with Crippen LogP contribution < -0.4 is 10.0 Å². The Morgan fingerprint density at radius 1 is 1.08 bits per heavy atom. The number of nitrogens with one attached hydrogen (secondary N) is 2. The van der Waals surface area contributed by atoms with Gasteiger partial charge in [0.05, 0.1) is 9.82 Å². The summed E-state index contributed by atoms with van der Waals surface area (Å²) in [6.07, 6.45) is 0. The van der Waals surface area contributed by atoms with E-state index in [2.05, 4.69) is 10.0 Å². The van der Waals surface area contributed by atoms with Crippen LogP contribution in [0, 0.1) is 10.1 Å². The minimum atomic E-state index is -3.67. The van der Waals surface area contributed by atoms with Crippen LogP contribution in [-0.2, 0) is 10.0 Å². The Balaban J connectivity index is 2.15. The number of nitro benzene ring substituents is 1. The molecule has 138 valence electrons. The highest BCUT2D eigenvalue weighted by atomic mass is 32.2. The van der Waals surface area contributed by atoms with Gasteiger partial charge in [0.1, 0.15) is 0 Å². The summed E-state index contributed by atoms with van der Waals surface area (Å²) in [5, 5.41) is 13.4. The van der Waals surface area contributed by atoms with Crippen LogP contribution in [0.15, 0.2) is 53.4 Å². The molecule has 0 spiro atoms. The number of sulfonamides is 1. The van der Waals surface area contributed by atoms with Crippen LogP contribution in [0.4, 0.5) is 11.4 Å². The molecule has 9 heteroatoms. The summed E-state index contributed by atoms with van der Waals surface area (Å²) in [4.78, 5) is 22.5. The van der Waals surface area contributed by atoms with E-state index in [9.17, 15) is 23.3 Å². The fourth-order valence-corrected chi connectivity index (χ4v) is 3.56. The first-order valence-electron chi connectivity index (χ1n) is 7.68. The Hall–Kier alpha value is -2.78. The standard InChI is InChI=1S/C17H19N3O5S/c1-17(2,3)19-26(24,25)15-9-7-13(8-10-15)18-16(21)12-5-4-6-14(11-12)20(22)23/h4-11,19H,1-3H3,(H,18,21). The molecule has 1 amide bonds. The van der Waals surface area contributed by atoms with Crippen molar-refractivity contribution in [2.75, 3.05) is 5.32 Å². The molecular weight excluding hydrogens is 358 g/mol. The number of carbonyl (C=O) groups is 1. The van der Waals surface area contributed by atoms with E-state index in [0.717, 1.165) is 0 Å². The minimum Gasteiger partial charge on any atom is -0.322 e. The molecule has 2 N–H and O–H groups in total. The number of nitro groups is 1. The van der Waals surface area contributed by atoms with Crippen molar-refractivity contribution in [3.63, 3.8) is 0 Å². The summed E-state index contributed by atoms with van der Waals surface area (Å²) in [7, 11) is -3.67. The number of amides is 1. The highest BCUT2D eigenvalue weighted by molar-refractivity contribution is 7.89. The minimum absolute atomic E-state index is 0.0702. The second kappa shape index (κ2) is 7.22. The molecular formula is C17H19N3O5S. The number of nitrogens with zero attached hydrogens (tertiary/aromatic N) is 1. The second-order valence-corrected chi connectivity index (χ2v) is 8.32. The number of rotatable bonds is 5. The third-order valence-corrected chi connectivity index (χ3v) is 4.96. The van der Waals surface area contributed by atoms with Crippen LogP contribution in [-0.4, -0.2) is 24.8 Å². The second-order valence-electron chi connectivity index (χ2n) is 6.64. The third-order valence-electron chi connectivity index (χ3n) is 3.18. The van der Waals surface area contributed by atoms with E-state index in [1.165, 1.54) is 48.5 Å². The van der Waals surface area contributed by atoms with Gasteiger partial charge in [0.15, 0.2) is 0 Å². The summed E-state index contributed by atoms with van der Waals surface area (Å²) in [6.45, 7) is 5.20. The van der Waals surface area contributed by atoms with E-state index in [4.69, 9.17) is 0 Å². The Labute approximate surface area is 151 Å². The third kappa shape index (κ3) is 5.11. The molecule has 2 aromatic rings. The molecule has 0 aromatic heterocycles.